The highest BCUT2D eigenvalue weighted by atomic mass is 16.3. The summed E-state index contributed by atoms with van der Waals surface area (Å²) in [4.78, 5) is 2.61. The monoisotopic (exact) mass is 240 g/mol. The van der Waals surface area contributed by atoms with Gasteiger partial charge in [0.25, 0.3) is 0 Å². The molecule has 1 heterocycles. The summed E-state index contributed by atoms with van der Waals surface area (Å²) in [6.45, 7) is 4.83. The molecule has 1 aliphatic heterocycles. The average molecular weight is 240 g/mol. The van der Waals surface area contributed by atoms with E-state index in [4.69, 9.17) is 0 Å². The van der Waals surface area contributed by atoms with Gasteiger partial charge < -0.3 is 10.4 Å². The maximum atomic E-state index is 9.47. The minimum atomic E-state index is 0.281. The Hall–Kier alpha value is -0.120. The number of nitrogens with zero attached hydrogens (tertiary/aromatic N) is 1. The summed E-state index contributed by atoms with van der Waals surface area (Å²) in [6, 6.07) is 1.72. The molecule has 2 unspecified atom stereocenters. The average Bonchev–Trinajstić information content (AvgIpc) is 3.15. The Kier molecular flexibility index (Phi) is 5.26. The lowest BCUT2D eigenvalue weighted by Gasteiger charge is -2.32. The van der Waals surface area contributed by atoms with E-state index in [9.17, 15) is 5.11 Å². The summed E-state index contributed by atoms with van der Waals surface area (Å²) in [5, 5.41) is 13.0. The lowest BCUT2D eigenvalue weighted by atomic mass is 10.1. The van der Waals surface area contributed by atoms with Gasteiger partial charge >= 0.3 is 0 Å². The Morgan fingerprint density at radius 3 is 2.71 bits per heavy atom. The number of aliphatic hydroxyl groups is 1. The Bertz CT molecular complexity index is 218. The molecule has 0 amide bonds. The van der Waals surface area contributed by atoms with Crippen LogP contribution in [0.5, 0.6) is 0 Å². The van der Waals surface area contributed by atoms with Crippen LogP contribution < -0.4 is 5.32 Å². The molecule has 1 aliphatic carbocycles. The second kappa shape index (κ2) is 6.72. The topological polar surface area (TPSA) is 35.5 Å². The van der Waals surface area contributed by atoms with Crippen molar-refractivity contribution in [3.63, 3.8) is 0 Å². The molecule has 0 aromatic rings. The number of likely N-dealkylation sites (tertiary alicyclic amines) is 1. The van der Waals surface area contributed by atoms with Gasteiger partial charge in [-0.2, -0.15) is 0 Å². The zero-order valence-electron chi connectivity index (χ0n) is 11.2. The lowest BCUT2D eigenvalue weighted by Crippen LogP contribution is -2.47. The van der Waals surface area contributed by atoms with E-state index in [0.29, 0.717) is 6.04 Å². The Balaban J connectivity index is 1.83. The Morgan fingerprint density at radius 2 is 2.06 bits per heavy atom. The van der Waals surface area contributed by atoms with Crippen molar-refractivity contribution >= 4 is 0 Å². The number of hydrogen-bond donors (Lipinski definition) is 2. The predicted molar refractivity (Wildman–Crippen MR) is 71.2 cm³/mol. The molecule has 3 nitrogen and oxygen atoms in total. The van der Waals surface area contributed by atoms with Crippen molar-refractivity contribution in [1.29, 1.82) is 0 Å². The van der Waals surface area contributed by atoms with Crippen molar-refractivity contribution < 1.29 is 5.11 Å². The molecular weight excluding hydrogens is 212 g/mol. The molecule has 0 aromatic carbocycles. The normalized spacial score (nSPS) is 28.9. The van der Waals surface area contributed by atoms with E-state index in [0.717, 1.165) is 12.6 Å². The minimum absolute atomic E-state index is 0.281. The highest BCUT2D eigenvalue weighted by Gasteiger charge is 2.27. The van der Waals surface area contributed by atoms with Gasteiger partial charge in [0.15, 0.2) is 0 Å². The minimum Gasteiger partial charge on any atom is -0.395 e. The van der Waals surface area contributed by atoms with Crippen LogP contribution in [0.3, 0.4) is 0 Å². The van der Waals surface area contributed by atoms with E-state index in [1.807, 2.05) is 0 Å². The summed E-state index contributed by atoms with van der Waals surface area (Å²) in [6.07, 6.45) is 9.29. The molecule has 2 aliphatic rings. The third kappa shape index (κ3) is 4.23. The van der Waals surface area contributed by atoms with E-state index in [1.165, 1.54) is 51.5 Å². The van der Waals surface area contributed by atoms with Crippen molar-refractivity contribution in [1.82, 2.24) is 10.2 Å². The van der Waals surface area contributed by atoms with Crippen LogP contribution in [0, 0.1) is 0 Å². The molecule has 1 saturated heterocycles. The summed E-state index contributed by atoms with van der Waals surface area (Å²) in [5.41, 5.74) is 0. The number of rotatable bonds is 6. The van der Waals surface area contributed by atoms with E-state index in [-0.39, 0.29) is 12.6 Å². The zero-order chi connectivity index (χ0) is 12.1. The van der Waals surface area contributed by atoms with Gasteiger partial charge in [-0.3, -0.25) is 4.90 Å². The van der Waals surface area contributed by atoms with E-state index in [1.54, 1.807) is 0 Å². The second-order valence-corrected chi connectivity index (χ2v) is 5.73. The first-order valence-electron chi connectivity index (χ1n) is 7.44. The third-order valence-electron chi connectivity index (χ3n) is 4.19. The molecule has 0 bridgehead atoms. The van der Waals surface area contributed by atoms with Crippen LogP contribution in [0.4, 0.5) is 0 Å². The van der Waals surface area contributed by atoms with Gasteiger partial charge in [0.05, 0.1) is 6.61 Å². The summed E-state index contributed by atoms with van der Waals surface area (Å²) >= 11 is 0. The highest BCUT2D eigenvalue weighted by Crippen LogP contribution is 2.22. The quantitative estimate of drug-likeness (QED) is 0.742. The van der Waals surface area contributed by atoms with E-state index in [2.05, 4.69) is 17.1 Å². The number of aliphatic hydroxyl groups excluding tert-OH is 1. The standard InChI is InChI=1S/C14H28N2O/c1-2-14-6-4-3-5-9-16(14)10-13(11-17)15-12-7-8-12/h12-15,17H,2-11H2,1H3. The first-order chi connectivity index (χ1) is 8.33. The van der Waals surface area contributed by atoms with Crippen LogP contribution in [0.2, 0.25) is 0 Å². The zero-order valence-corrected chi connectivity index (χ0v) is 11.2. The van der Waals surface area contributed by atoms with E-state index >= 15 is 0 Å². The fourth-order valence-corrected chi connectivity index (χ4v) is 2.97. The number of hydrogen-bond acceptors (Lipinski definition) is 3. The maximum Gasteiger partial charge on any atom is 0.0597 e. The van der Waals surface area contributed by atoms with Crippen LogP contribution in [-0.2, 0) is 0 Å². The van der Waals surface area contributed by atoms with Crippen molar-refractivity contribution in [2.24, 2.45) is 0 Å². The fourth-order valence-electron chi connectivity index (χ4n) is 2.97. The maximum absolute atomic E-state index is 9.47. The SMILES string of the molecule is CCC1CCCCCN1CC(CO)NC1CC1. The number of nitrogens with one attached hydrogen (secondary N) is 1. The summed E-state index contributed by atoms with van der Waals surface area (Å²) in [5.74, 6) is 0. The van der Waals surface area contributed by atoms with Gasteiger partial charge in [-0.05, 0) is 38.6 Å². The van der Waals surface area contributed by atoms with Gasteiger partial charge in [0, 0.05) is 24.7 Å². The third-order valence-corrected chi connectivity index (χ3v) is 4.19. The molecule has 17 heavy (non-hydrogen) atoms. The molecule has 0 aromatic heterocycles. The Labute approximate surface area is 106 Å². The van der Waals surface area contributed by atoms with Crippen molar-refractivity contribution in [2.75, 3.05) is 19.7 Å². The first kappa shape index (κ1) is 13.3. The smallest absolute Gasteiger partial charge is 0.0597 e. The first-order valence-corrected chi connectivity index (χ1v) is 7.44. The summed E-state index contributed by atoms with van der Waals surface area (Å²) in [7, 11) is 0. The van der Waals surface area contributed by atoms with Gasteiger partial charge in [0.2, 0.25) is 0 Å². The van der Waals surface area contributed by atoms with Gasteiger partial charge in [-0.25, -0.2) is 0 Å². The molecule has 2 atom stereocenters. The van der Waals surface area contributed by atoms with Gasteiger partial charge in [-0.1, -0.05) is 19.8 Å². The van der Waals surface area contributed by atoms with Crippen LogP contribution in [-0.4, -0.2) is 47.8 Å². The second-order valence-electron chi connectivity index (χ2n) is 5.73. The molecule has 2 N–H and O–H groups in total. The van der Waals surface area contributed by atoms with Gasteiger partial charge in [-0.15, -0.1) is 0 Å². The van der Waals surface area contributed by atoms with E-state index < -0.39 is 0 Å². The molecule has 2 fully saturated rings. The van der Waals surface area contributed by atoms with Crippen LogP contribution in [0.1, 0.15) is 51.9 Å². The molecule has 1 saturated carbocycles. The van der Waals surface area contributed by atoms with Crippen LogP contribution in [0.15, 0.2) is 0 Å². The summed E-state index contributed by atoms with van der Waals surface area (Å²) < 4.78 is 0. The van der Waals surface area contributed by atoms with Crippen LogP contribution in [0.25, 0.3) is 0 Å². The fraction of sp³-hybridized carbons (Fsp3) is 1.00. The lowest BCUT2D eigenvalue weighted by molar-refractivity contribution is 0.142. The Morgan fingerprint density at radius 1 is 1.24 bits per heavy atom. The molecule has 0 spiro atoms. The molecule has 3 heteroatoms. The van der Waals surface area contributed by atoms with Crippen LogP contribution >= 0.6 is 0 Å². The van der Waals surface area contributed by atoms with Gasteiger partial charge in [0.1, 0.15) is 0 Å². The van der Waals surface area contributed by atoms with Crippen molar-refractivity contribution in [3.05, 3.63) is 0 Å². The molecule has 0 radical (unpaired) electrons. The molecule has 2 rings (SSSR count). The molecular formula is C14H28N2O. The van der Waals surface area contributed by atoms with Crippen molar-refractivity contribution in [3.8, 4) is 0 Å². The predicted octanol–water partition coefficient (Wildman–Crippen LogP) is 1.75. The van der Waals surface area contributed by atoms with Crippen molar-refractivity contribution in [2.45, 2.75) is 70.0 Å². The molecule has 100 valence electrons. The largest absolute Gasteiger partial charge is 0.395 e. The highest BCUT2D eigenvalue weighted by molar-refractivity contribution is 4.87.